The minimum atomic E-state index is -1.00. The molecule has 1 saturated carbocycles. The summed E-state index contributed by atoms with van der Waals surface area (Å²) in [5, 5.41) is 2.83. The number of aromatic nitrogens is 1. The number of ether oxygens (including phenoxy) is 1. The first-order valence-electron chi connectivity index (χ1n) is 8.02. The summed E-state index contributed by atoms with van der Waals surface area (Å²) in [5.74, 6) is -0.704. The molecule has 2 atom stereocenters. The van der Waals surface area contributed by atoms with Crippen LogP contribution in [0.4, 0.5) is 5.69 Å². The third-order valence-corrected chi connectivity index (χ3v) is 5.29. The Morgan fingerprint density at radius 1 is 1.50 bits per heavy atom. The Hall–Kier alpha value is -2.12. The summed E-state index contributed by atoms with van der Waals surface area (Å²) in [5.41, 5.74) is 6.54. The van der Waals surface area contributed by atoms with Crippen LogP contribution in [0, 0.1) is 5.41 Å². The van der Waals surface area contributed by atoms with Crippen LogP contribution in [0.1, 0.15) is 27.2 Å². The first-order chi connectivity index (χ1) is 11.2. The molecule has 0 aliphatic heterocycles. The molecule has 3 N–H and O–H groups in total. The van der Waals surface area contributed by atoms with Gasteiger partial charge in [0.25, 0.3) is 0 Å². The summed E-state index contributed by atoms with van der Waals surface area (Å²) in [6.45, 7) is 6.40. The van der Waals surface area contributed by atoms with E-state index >= 15 is 0 Å². The van der Waals surface area contributed by atoms with Crippen LogP contribution in [0.2, 0.25) is 0 Å². The molecule has 7 heteroatoms. The first-order valence-corrected chi connectivity index (χ1v) is 8.02. The van der Waals surface area contributed by atoms with E-state index in [-0.39, 0.29) is 12.0 Å². The Morgan fingerprint density at radius 3 is 2.83 bits per heavy atom. The molecule has 2 unspecified atom stereocenters. The van der Waals surface area contributed by atoms with Gasteiger partial charge in [-0.3, -0.25) is 9.36 Å². The SMILES string of the molecule is CCOC1CC(N)(C(=O)Nc2ccc3c(c2)oc(=O)n3C)C1(C)C. The Balaban J connectivity index is 1.81. The van der Waals surface area contributed by atoms with E-state index in [4.69, 9.17) is 14.9 Å². The van der Waals surface area contributed by atoms with E-state index in [1.54, 1.807) is 25.2 Å². The number of anilines is 1. The van der Waals surface area contributed by atoms with Gasteiger partial charge in [0, 0.05) is 37.2 Å². The van der Waals surface area contributed by atoms with Crippen molar-refractivity contribution < 1.29 is 13.9 Å². The zero-order valence-corrected chi connectivity index (χ0v) is 14.4. The summed E-state index contributed by atoms with van der Waals surface area (Å²) in [4.78, 5) is 24.2. The van der Waals surface area contributed by atoms with Gasteiger partial charge in [0.1, 0.15) is 5.54 Å². The normalized spacial score (nSPS) is 25.5. The molecular weight excluding hydrogens is 310 g/mol. The molecule has 1 aliphatic rings. The van der Waals surface area contributed by atoms with Gasteiger partial charge in [-0.15, -0.1) is 0 Å². The third kappa shape index (κ3) is 2.27. The lowest BCUT2D eigenvalue weighted by Gasteiger charge is -2.57. The highest BCUT2D eigenvalue weighted by Gasteiger charge is 2.62. The molecule has 0 radical (unpaired) electrons. The van der Waals surface area contributed by atoms with Crippen LogP contribution in [0.5, 0.6) is 0 Å². The minimum Gasteiger partial charge on any atom is -0.408 e. The lowest BCUT2D eigenvalue weighted by molar-refractivity contribution is -0.166. The van der Waals surface area contributed by atoms with Gasteiger partial charge in [-0.1, -0.05) is 13.8 Å². The van der Waals surface area contributed by atoms with Crippen molar-refractivity contribution in [1.29, 1.82) is 0 Å². The number of carbonyl (C=O) groups excluding carboxylic acids is 1. The fraction of sp³-hybridized carbons (Fsp3) is 0.529. The maximum absolute atomic E-state index is 12.7. The standard InChI is InChI=1S/C17H23N3O4/c1-5-23-13-9-17(18,16(13,2)3)14(21)19-10-6-7-11-12(8-10)24-15(22)20(11)4/h6-8,13H,5,9,18H2,1-4H3,(H,19,21). The van der Waals surface area contributed by atoms with E-state index in [9.17, 15) is 9.59 Å². The molecule has 2 aromatic rings. The van der Waals surface area contributed by atoms with E-state index in [1.807, 2.05) is 20.8 Å². The Morgan fingerprint density at radius 2 is 2.21 bits per heavy atom. The fourth-order valence-corrected chi connectivity index (χ4v) is 3.27. The number of hydrogen-bond donors (Lipinski definition) is 2. The van der Waals surface area contributed by atoms with E-state index in [1.165, 1.54) is 4.57 Å². The monoisotopic (exact) mass is 333 g/mol. The molecule has 1 aliphatic carbocycles. The van der Waals surface area contributed by atoms with Crippen molar-refractivity contribution in [3.63, 3.8) is 0 Å². The highest BCUT2D eigenvalue weighted by molar-refractivity contribution is 6.00. The molecule has 3 rings (SSSR count). The van der Waals surface area contributed by atoms with Gasteiger partial charge in [0.05, 0.1) is 11.6 Å². The Bertz CT molecular complexity index is 851. The van der Waals surface area contributed by atoms with Crippen LogP contribution < -0.4 is 16.8 Å². The van der Waals surface area contributed by atoms with Crippen molar-refractivity contribution in [3.05, 3.63) is 28.7 Å². The lowest BCUT2D eigenvalue weighted by Crippen LogP contribution is -2.74. The van der Waals surface area contributed by atoms with E-state index in [0.29, 0.717) is 29.8 Å². The molecule has 0 saturated heterocycles. The molecular formula is C17H23N3O4. The molecule has 0 bridgehead atoms. The van der Waals surface area contributed by atoms with Gasteiger partial charge in [0.15, 0.2) is 5.58 Å². The van der Waals surface area contributed by atoms with Gasteiger partial charge < -0.3 is 20.2 Å². The van der Waals surface area contributed by atoms with Crippen LogP contribution in [0.25, 0.3) is 11.1 Å². The van der Waals surface area contributed by atoms with Crippen molar-refractivity contribution in [2.45, 2.75) is 38.8 Å². The topological polar surface area (TPSA) is 99.5 Å². The Kier molecular flexibility index (Phi) is 3.80. The second-order valence-electron chi connectivity index (χ2n) is 6.90. The second kappa shape index (κ2) is 5.46. The number of fused-ring (bicyclic) bond motifs is 1. The summed E-state index contributed by atoms with van der Waals surface area (Å²) in [6.07, 6.45) is 0.440. The number of oxazole rings is 1. The van der Waals surface area contributed by atoms with Crippen LogP contribution >= 0.6 is 0 Å². The average Bonchev–Trinajstić information content (AvgIpc) is 2.81. The smallest absolute Gasteiger partial charge is 0.408 e. The highest BCUT2D eigenvalue weighted by Crippen LogP contribution is 2.50. The van der Waals surface area contributed by atoms with Gasteiger partial charge in [-0.05, 0) is 19.1 Å². The second-order valence-corrected chi connectivity index (χ2v) is 6.90. The molecule has 1 heterocycles. The van der Waals surface area contributed by atoms with Crippen molar-refractivity contribution in [1.82, 2.24) is 4.57 Å². The number of carbonyl (C=O) groups is 1. The van der Waals surface area contributed by atoms with Crippen LogP contribution in [0.15, 0.2) is 27.4 Å². The Labute approximate surface area is 139 Å². The maximum Gasteiger partial charge on any atom is 0.419 e. The van der Waals surface area contributed by atoms with Crippen LogP contribution in [-0.2, 0) is 16.6 Å². The molecule has 0 spiro atoms. The molecule has 130 valence electrons. The lowest BCUT2D eigenvalue weighted by atomic mass is 9.54. The zero-order valence-electron chi connectivity index (χ0n) is 14.4. The summed E-state index contributed by atoms with van der Waals surface area (Å²) < 4.78 is 12.2. The number of nitrogens with two attached hydrogens (primary N) is 1. The first kappa shape index (κ1) is 16.7. The largest absolute Gasteiger partial charge is 0.419 e. The summed E-state index contributed by atoms with van der Waals surface area (Å²) >= 11 is 0. The highest BCUT2D eigenvalue weighted by atomic mass is 16.5. The maximum atomic E-state index is 12.7. The molecule has 24 heavy (non-hydrogen) atoms. The molecule has 1 fully saturated rings. The van der Waals surface area contributed by atoms with Crippen molar-refractivity contribution in [2.75, 3.05) is 11.9 Å². The number of rotatable bonds is 4. The number of hydrogen-bond acceptors (Lipinski definition) is 5. The number of amides is 1. The predicted octanol–water partition coefficient (Wildman–Crippen LogP) is 1.60. The molecule has 1 amide bonds. The number of nitrogens with one attached hydrogen (secondary N) is 1. The average molecular weight is 333 g/mol. The summed E-state index contributed by atoms with van der Waals surface area (Å²) in [7, 11) is 1.63. The van der Waals surface area contributed by atoms with Gasteiger partial charge >= 0.3 is 5.76 Å². The number of benzene rings is 1. The van der Waals surface area contributed by atoms with Crippen LogP contribution in [-0.4, -0.2) is 28.7 Å². The van der Waals surface area contributed by atoms with E-state index in [0.717, 1.165) is 0 Å². The van der Waals surface area contributed by atoms with Crippen molar-refractivity contribution in [2.24, 2.45) is 18.2 Å². The molecule has 7 nitrogen and oxygen atoms in total. The van der Waals surface area contributed by atoms with E-state index < -0.39 is 16.7 Å². The zero-order chi connectivity index (χ0) is 17.7. The van der Waals surface area contributed by atoms with Crippen molar-refractivity contribution in [3.8, 4) is 0 Å². The molecule has 1 aromatic heterocycles. The predicted molar refractivity (Wildman–Crippen MR) is 90.8 cm³/mol. The van der Waals surface area contributed by atoms with Crippen LogP contribution in [0.3, 0.4) is 0 Å². The number of aryl methyl sites for hydroxylation is 1. The van der Waals surface area contributed by atoms with Gasteiger partial charge in [-0.2, -0.15) is 0 Å². The quantitative estimate of drug-likeness (QED) is 0.885. The number of nitrogens with zero attached hydrogens (tertiary/aromatic N) is 1. The fourth-order valence-electron chi connectivity index (χ4n) is 3.27. The minimum absolute atomic E-state index is 0.0344. The van der Waals surface area contributed by atoms with Crippen molar-refractivity contribution >= 4 is 22.7 Å². The molecule has 1 aromatic carbocycles. The summed E-state index contributed by atoms with van der Waals surface area (Å²) in [6, 6.07) is 5.09. The third-order valence-electron chi connectivity index (χ3n) is 5.29. The van der Waals surface area contributed by atoms with Gasteiger partial charge in [-0.25, -0.2) is 4.79 Å². The van der Waals surface area contributed by atoms with E-state index in [2.05, 4.69) is 5.32 Å². The van der Waals surface area contributed by atoms with Gasteiger partial charge in [0.2, 0.25) is 5.91 Å².